The van der Waals surface area contributed by atoms with Crippen molar-refractivity contribution >= 4 is 11.9 Å². The van der Waals surface area contributed by atoms with Gasteiger partial charge in [0, 0.05) is 30.3 Å². The number of hydrogen-bond donors (Lipinski definition) is 2. The second-order valence-corrected chi connectivity index (χ2v) is 6.99. The summed E-state index contributed by atoms with van der Waals surface area (Å²) in [6.07, 6.45) is 2.21. The van der Waals surface area contributed by atoms with Crippen LogP contribution in [-0.2, 0) is 6.54 Å². The molecule has 25 heavy (non-hydrogen) atoms. The van der Waals surface area contributed by atoms with Gasteiger partial charge in [0.05, 0.1) is 0 Å². The van der Waals surface area contributed by atoms with Gasteiger partial charge in [0.15, 0.2) is 0 Å². The molecule has 2 N–H and O–H groups in total. The summed E-state index contributed by atoms with van der Waals surface area (Å²) in [5, 5.41) is 10.6. The first-order valence-corrected chi connectivity index (χ1v) is 8.39. The fourth-order valence-electron chi connectivity index (χ4n) is 2.07. The predicted molar refractivity (Wildman–Crippen MR) is 94.1 cm³/mol. The zero-order valence-electron chi connectivity index (χ0n) is 14.9. The minimum atomic E-state index is -0.205. The molecule has 1 saturated carbocycles. The molecule has 0 saturated heterocycles. The van der Waals surface area contributed by atoms with Crippen LogP contribution in [0.2, 0.25) is 0 Å². The first kappa shape index (κ1) is 17.1. The topological polar surface area (TPSA) is 107 Å². The Bertz CT molecular complexity index is 809. The highest BCUT2D eigenvalue weighted by Crippen LogP contribution is 2.25. The Morgan fingerprint density at radius 1 is 1.20 bits per heavy atom. The highest BCUT2D eigenvalue weighted by molar-refractivity contribution is 5.39. The molecule has 1 aliphatic rings. The molecule has 0 bridgehead atoms. The zero-order valence-corrected chi connectivity index (χ0v) is 14.9. The molecule has 1 fully saturated rings. The first-order valence-electron chi connectivity index (χ1n) is 8.39. The van der Waals surface area contributed by atoms with Crippen LogP contribution in [0.25, 0.3) is 0 Å². The second-order valence-electron chi connectivity index (χ2n) is 6.99. The lowest BCUT2D eigenvalue weighted by molar-refractivity contribution is 0.401. The Balaban J connectivity index is 1.88. The van der Waals surface area contributed by atoms with E-state index in [2.05, 4.69) is 30.7 Å². The van der Waals surface area contributed by atoms with Gasteiger partial charge in [0.25, 0.3) is 5.56 Å². The Morgan fingerprint density at radius 3 is 2.56 bits per heavy atom. The van der Waals surface area contributed by atoms with Gasteiger partial charge in [0.1, 0.15) is 0 Å². The van der Waals surface area contributed by atoms with Crippen molar-refractivity contribution in [2.45, 2.75) is 58.7 Å². The first-order chi connectivity index (χ1) is 11.8. The van der Waals surface area contributed by atoms with Gasteiger partial charge >= 0.3 is 6.01 Å². The molecule has 2 aromatic heterocycles. The minimum Gasteiger partial charge on any atom is -0.403 e. The molecule has 0 spiro atoms. The summed E-state index contributed by atoms with van der Waals surface area (Å²) in [6.45, 7) is 8.35. The second kappa shape index (κ2) is 6.66. The van der Waals surface area contributed by atoms with Crippen LogP contribution in [-0.4, -0.2) is 36.3 Å². The monoisotopic (exact) mass is 345 g/mol. The molecular formula is C16H23N7O2. The highest BCUT2D eigenvalue weighted by atomic mass is 16.5. The van der Waals surface area contributed by atoms with Crippen molar-refractivity contribution in [3.8, 4) is 11.9 Å². The maximum Gasteiger partial charge on any atom is 0.330 e. The fraction of sp³-hybridized carbons (Fsp3) is 0.562. The van der Waals surface area contributed by atoms with Crippen LogP contribution >= 0.6 is 0 Å². The molecule has 1 aliphatic carbocycles. The lowest BCUT2D eigenvalue weighted by Crippen LogP contribution is -2.28. The fourth-order valence-corrected chi connectivity index (χ4v) is 2.07. The molecule has 134 valence electrons. The van der Waals surface area contributed by atoms with Gasteiger partial charge in [-0.2, -0.15) is 15.0 Å². The predicted octanol–water partition coefficient (Wildman–Crippen LogP) is 2.03. The van der Waals surface area contributed by atoms with E-state index in [0.29, 0.717) is 24.5 Å². The van der Waals surface area contributed by atoms with Gasteiger partial charge in [0.2, 0.25) is 17.8 Å². The highest BCUT2D eigenvalue weighted by Gasteiger charge is 2.23. The largest absolute Gasteiger partial charge is 0.403 e. The summed E-state index contributed by atoms with van der Waals surface area (Å²) in [7, 11) is 0. The average Bonchev–Trinajstić information content (AvgIpc) is 3.31. The van der Waals surface area contributed by atoms with E-state index in [4.69, 9.17) is 4.74 Å². The Labute approximate surface area is 145 Å². The van der Waals surface area contributed by atoms with Gasteiger partial charge in [-0.25, -0.2) is 4.68 Å². The van der Waals surface area contributed by atoms with Gasteiger partial charge in [-0.15, -0.1) is 5.10 Å². The normalized spacial score (nSPS) is 14.2. The van der Waals surface area contributed by atoms with Crippen molar-refractivity contribution in [3.63, 3.8) is 0 Å². The number of nitrogens with one attached hydrogen (secondary N) is 2. The number of aromatic nitrogens is 5. The molecular weight excluding hydrogens is 322 g/mol. The molecule has 0 amide bonds. The number of rotatable bonds is 6. The van der Waals surface area contributed by atoms with Crippen molar-refractivity contribution in [2.24, 2.45) is 0 Å². The zero-order chi connectivity index (χ0) is 18.0. The maximum absolute atomic E-state index is 11.6. The SMILES string of the molecule is CCn1nc(Oc2nc(NC3CC3)nc(NC(C)(C)C)n2)ccc1=O. The van der Waals surface area contributed by atoms with Crippen LogP contribution in [0.4, 0.5) is 11.9 Å². The van der Waals surface area contributed by atoms with Crippen molar-refractivity contribution in [3.05, 3.63) is 22.5 Å². The summed E-state index contributed by atoms with van der Waals surface area (Å²) in [5.41, 5.74) is -0.389. The van der Waals surface area contributed by atoms with Crippen LogP contribution in [0.1, 0.15) is 40.5 Å². The van der Waals surface area contributed by atoms with Gasteiger partial charge in [-0.1, -0.05) is 0 Å². The van der Waals surface area contributed by atoms with Crippen molar-refractivity contribution in [1.82, 2.24) is 24.7 Å². The van der Waals surface area contributed by atoms with Gasteiger partial charge < -0.3 is 15.4 Å². The molecule has 0 atom stereocenters. The Morgan fingerprint density at radius 2 is 1.92 bits per heavy atom. The number of hydrogen-bond acceptors (Lipinski definition) is 8. The van der Waals surface area contributed by atoms with E-state index in [1.807, 2.05) is 27.7 Å². The van der Waals surface area contributed by atoms with Crippen LogP contribution in [0.3, 0.4) is 0 Å². The molecule has 0 unspecified atom stereocenters. The number of anilines is 2. The standard InChI is InChI=1S/C16H23N7O2/c1-5-23-12(24)9-8-11(22-23)25-15-19-13(17-10-6-7-10)18-14(20-15)21-16(2,3)4/h8-10H,5-7H2,1-4H3,(H2,17,18,19,20,21). The van der Waals surface area contributed by atoms with Gasteiger partial charge in [-0.05, 0) is 40.5 Å². The summed E-state index contributed by atoms with van der Waals surface area (Å²) in [6, 6.07) is 3.44. The molecule has 9 heteroatoms. The number of ether oxygens (including phenoxy) is 1. The van der Waals surface area contributed by atoms with Crippen LogP contribution in [0.15, 0.2) is 16.9 Å². The molecule has 0 radical (unpaired) electrons. The van der Waals surface area contributed by atoms with E-state index in [1.54, 1.807) is 0 Å². The molecule has 2 aromatic rings. The quantitative estimate of drug-likeness (QED) is 0.819. The average molecular weight is 345 g/mol. The number of nitrogens with zero attached hydrogens (tertiary/aromatic N) is 5. The van der Waals surface area contributed by atoms with E-state index in [9.17, 15) is 4.79 Å². The third kappa shape index (κ3) is 4.88. The van der Waals surface area contributed by atoms with Crippen molar-refractivity contribution in [2.75, 3.05) is 10.6 Å². The third-order valence-electron chi connectivity index (χ3n) is 3.35. The van der Waals surface area contributed by atoms with Crippen LogP contribution in [0, 0.1) is 0 Å². The lowest BCUT2D eigenvalue weighted by atomic mass is 10.1. The smallest absolute Gasteiger partial charge is 0.330 e. The lowest BCUT2D eigenvalue weighted by Gasteiger charge is -2.20. The molecule has 9 nitrogen and oxygen atoms in total. The molecule has 0 aliphatic heterocycles. The van der Waals surface area contributed by atoms with Gasteiger partial charge in [-0.3, -0.25) is 4.79 Å². The van der Waals surface area contributed by atoms with E-state index in [0.717, 1.165) is 12.8 Å². The van der Waals surface area contributed by atoms with Crippen molar-refractivity contribution in [1.29, 1.82) is 0 Å². The third-order valence-corrected chi connectivity index (χ3v) is 3.35. The van der Waals surface area contributed by atoms with Crippen LogP contribution in [0.5, 0.6) is 11.9 Å². The maximum atomic E-state index is 11.6. The number of aryl methyl sites for hydroxylation is 1. The Hall–Kier alpha value is -2.71. The van der Waals surface area contributed by atoms with E-state index in [1.165, 1.54) is 16.8 Å². The van der Waals surface area contributed by atoms with E-state index < -0.39 is 0 Å². The summed E-state index contributed by atoms with van der Waals surface area (Å²) in [4.78, 5) is 24.6. The molecule has 0 aromatic carbocycles. The summed E-state index contributed by atoms with van der Waals surface area (Å²) < 4.78 is 6.97. The molecule has 2 heterocycles. The van der Waals surface area contributed by atoms with E-state index >= 15 is 0 Å². The van der Waals surface area contributed by atoms with Crippen molar-refractivity contribution < 1.29 is 4.74 Å². The van der Waals surface area contributed by atoms with E-state index in [-0.39, 0.29) is 23.0 Å². The summed E-state index contributed by atoms with van der Waals surface area (Å²) >= 11 is 0. The Kier molecular flexibility index (Phi) is 4.56. The molecule has 3 rings (SSSR count). The van der Waals surface area contributed by atoms with Crippen LogP contribution < -0.4 is 20.9 Å². The summed E-state index contributed by atoms with van der Waals surface area (Å²) in [5.74, 6) is 1.14. The minimum absolute atomic E-state index is 0.124.